The molecular formula is C13H25N5O. The zero-order chi connectivity index (χ0) is 14.3. The molecule has 1 rings (SSSR count). The minimum Gasteiger partial charge on any atom is -0.461 e. The summed E-state index contributed by atoms with van der Waals surface area (Å²) in [7, 11) is 0. The average Bonchev–Trinajstić information content (AvgIpc) is 2.28. The lowest BCUT2D eigenvalue weighted by atomic mass is 10.2. The fraction of sp³-hybridized carbons (Fsp3) is 0.769. The molecule has 1 atom stereocenters. The topological polar surface area (TPSA) is 72.0 Å². The minimum absolute atomic E-state index is 0.0396. The van der Waals surface area contributed by atoms with E-state index in [0.29, 0.717) is 23.9 Å². The summed E-state index contributed by atoms with van der Waals surface area (Å²) in [4.78, 5) is 12.8. The second kappa shape index (κ2) is 7.76. The molecule has 19 heavy (non-hydrogen) atoms. The number of nitrogens with one attached hydrogen (secondary N) is 2. The van der Waals surface area contributed by atoms with E-state index >= 15 is 0 Å². The Bertz CT molecular complexity index is 383. The molecule has 0 aliphatic rings. The van der Waals surface area contributed by atoms with E-state index in [2.05, 4.69) is 39.4 Å². The Labute approximate surface area is 115 Å². The van der Waals surface area contributed by atoms with E-state index in [1.807, 2.05) is 20.8 Å². The third-order valence-corrected chi connectivity index (χ3v) is 2.39. The maximum Gasteiger partial charge on any atom is 0.323 e. The van der Waals surface area contributed by atoms with Gasteiger partial charge in [-0.25, -0.2) is 0 Å². The van der Waals surface area contributed by atoms with Gasteiger partial charge in [-0.05, 0) is 34.1 Å². The summed E-state index contributed by atoms with van der Waals surface area (Å²) in [6.45, 7) is 10.9. The lowest BCUT2D eigenvalue weighted by Crippen LogP contribution is -2.19. The molecule has 6 heteroatoms. The van der Waals surface area contributed by atoms with Crippen LogP contribution in [0.15, 0.2) is 0 Å². The van der Waals surface area contributed by atoms with Gasteiger partial charge in [0.05, 0.1) is 6.10 Å². The van der Waals surface area contributed by atoms with Crippen molar-refractivity contribution in [2.24, 2.45) is 0 Å². The maximum atomic E-state index is 5.54. The highest BCUT2D eigenvalue weighted by molar-refractivity contribution is 5.36. The summed E-state index contributed by atoms with van der Waals surface area (Å²) >= 11 is 0. The molecular weight excluding hydrogens is 242 g/mol. The Morgan fingerprint density at radius 3 is 2.32 bits per heavy atom. The number of hydrogen-bond acceptors (Lipinski definition) is 6. The Morgan fingerprint density at radius 1 is 1.05 bits per heavy atom. The van der Waals surface area contributed by atoms with Gasteiger partial charge in [-0.3, -0.25) is 0 Å². The van der Waals surface area contributed by atoms with Gasteiger partial charge >= 0.3 is 6.01 Å². The normalized spacial score (nSPS) is 12.3. The van der Waals surface area contributed by atoms with Crippen LogP contribution in [-0.2, 0) is 0 Å². The molecule has 0 amide bonds. The molecule has 0 aromatic carbocycles. The number of anilines is 2. The minimum atomic E-state index is 0.0396. The van der Waals surface area contributed by atoms with Gasteiger partial charge in [0.25, 0.3) is 0 Å². The molecule has 0 aliphatic heterocycles. The molecule has 0 spiro atoms. The largest absolute Gasteiger partial charge is 0.461 e. The van der Waals surface area contributed by atoms with Crippen LogP contribution in [0.2, 0.25) is 0 Å². The molecule has 1 heterocycles. The quantitative estimate of drug-likeness (QED) is 0.754. The smallest absolute Gasteiger partial charge is 0.323 e. The first kappa shape index (κ1) is 15.5. The Kier molecular flexibility index (Phi) is 6.32. The van der Waals surface area contributed by atoms with Crippen LogP contribution in [0.3, 0.4) is 0 Å². The van der Waals surface area contributed by atoms with Crippen molar-refractivity contribution < 1.29 is 4.74 Å². The highest BCUT2D eigenvalue weighted by atomic mass is 16.5. The lowest BCUT2D eigenvalue weighted by molar-refractivity contribution is 0.222. The molecule has 0 bridgehead atoms. The van der Waals surface area contributed by atoms with Gasteiger partial charge in [-0.2, -0.15) is 15.0 Å². The second-order valence-electron chi connectivity index (χ2n) is 4.80. The third kappa shape index (κ3) is 5.72. The number of aromatic nitrogens is 3. The van der Waals surface area contributed by atoms with Crippen molar-refractivity contribution in [3.8, 4) is 6.01 Å². The summed E-state index contributed by atoms with van der Waals surface area (Å²) in [5.74, 6) is 1.10. The lowest BCUT2D eigenvalue weighted by Gasteiger charge is -2.15. The summed E-state index contributed by atoms with van der Waals surface area (Å²) in [6, 6.07) is 0.681. The zero-order valence-corrected chi connectivity index (χ0v) is 12.5. The van der Waals surface area contributed by atoms with Crippen LogP contribution in [-0.4, -0.2) is 33.6 Å². The van der Waals surface area contributed by atoms with Gasteiger partial charge in [0.1, 0.15) is 0 Å². The summed E-state index contributed by atoms with van der Waals surface area (Å²) in [5.41, 5.74) is 0. The Morgan fingerprint density at radius 2 is 1.74 bits per heavy atom. The van der Waals surface area contributed by atoms with Crippen LogP contribution in [0.5, 0.6) is 6.01 Å². The van der Waals surface area contributed by atoms with E-state index in [4.69, 9.17) is 4.74 Å². The summed E-state index contributed by atoms with van der Waals surface area (Å²) in [5, 5.41) is 6.36. The Hall–Kier alpha value is -1.59. The molecule has 6 nitrogen and oxygen atoms in total. The van der Waals surface area contributed by atoms with Crippen molar-refractivity contribution in [2.75, 3.05) is 17.2 Å². The molecule has 0 fully saturated rings. The van der Waals surface area contributed by atoms with Crippen LogP contribution in [0.25, 0.3) is 0 Å². The fourth-order valence-corrected chi connectivity index (χ4v) is 1.65. The predicted molar refractivity (Wildman–Crippen MR) is 77.7 cm³/mol. The van der Waals surface area contributed by atoms with Crippen LogP contribution in [0.4, 0.5) is 11.9 Å². The molecule has 0 aliphatic carbocycles. The first-order valence-electron chi connectivity index (χ1n) is 6.98. The van der Waals surface area contributed by atoms with Crippen molar-refractivity contribution >= 4 is 11.9 Å². The standard InChI is InChI=1S/C13H25N5O/c1-6-8-10(5)15-12-16-11(14-7-2)17-13(18-12)19-9(3)4/h9-10H,6-8H2,1-5H3,(H2,14,15,16,17,18). The summed E-state index contributed by atoms with van der Waals surface area (Å²) in [6.07, 6.45) is 2.23. The van der Waals surface area contributed by atoms with E-state index in [-0.39, 0.29) is 6.10 Å². The van der Waals surface area contributed by atoms with Gasteiger partial charge in [0.15, 0.2) is 0 Å². The van der Waals surface area contributed by atoms with Crippen LogP contribution < -0.4 is 15.4 Å². The van der Waals surface area contributed by atoms with E-state index in [1.165, 1.54) is 0 Å². The molecule has 1 aromatic rings. The van der Waals surface area contributed by atoms with Gasteiger partial charge in [-0.15, -0.1) is 0 Å². The number of nitrogens with zero attached hydrogens (tertiary/aromatic N) is 3. The molecule has 0 radical (unpaired) electrons. The van der Waals surface area contributed by atoms with Gasteiger partial charge in [0, 0.05) is 12.6 Å². The Balaban J connectivity index is 2.85. The van der Waals surface area contributed by atoms with E-state index < -0.39 is 0 Å². The molecule has 0 saturated heterocycles. The highest BCUT2D eigenvalue weighted by Gasteiger charge is 2.10. The van der Waals surface area contributed by atoms with Crippen LogP contribution >= 0.6 is 0 Å². The van der Waals surface area contributed by atoms with Crippen molar-refractivity contribution in [1.82, 2.24) is 15.0 Å². The molecule has 0 saturated carbocycles. The van der Waals surface area contributed by atoms with E-state index in [0.717, 1.165) is 19.4 Å². The number of ether oxygens (including phenoxy) is 1. The van der Waals surface area contributed by atoms with Crippen molar-refractivity contribution in [1.29, 1.82) is 0 Å². The SMILES string of the molecule is CCCC(C)Nc1nc(NCC)nc(OC(C)C)n1. The van der Waals surface area contributed by atoms with Crippen LogP contribution in [0, 0.1) is 0 Å². The van der Waals surface area contributed by atoms with E-state index in [1.54, 1.807) is 0 Å². The highest BCUT2D eigenvalue weighted by Crippen LogP contribution is 2.14. The number of rotatable bonds is 8. The van der Waals surface area contributed by atoms with Crippen molar-refractivity contribution in [3.05, 3.63) is 0 Å². The zero-order valence-electron chi connectivity index (χ0n) is 12.5. The third-order valence-electron chi connectivity index (χ3n) is 2.39. The van der Waals surface area contributed by atoms with Gasteiger partial charge in [-0.1, -0.05) is 13.3 Å². The van der Waals surface area contributed by atoms with Gasteiger partial charge in [0.2, 0.25) is 11.9 Å². The van der Waals surface area contributed by atoms with Crippen molar-refractivity contribution in [3.63, 3.8) is 0 Å². The van der Waals surface area contributed by atoms with Crippen LogP contribution in [0.1, 0.15) is 47.5 Å². The fourth-order valence-electron chi connectivity index (χ4n) is 1.65. The molecule has 1 aromatic heterocycles. The first-order valence-corrected chi connectivity index (χ1v) is 6.98. The van der Waals surface area contributed by atoms with Gasteiger partial charge < -0.3 is 15.4 Å². The molecule has 1 unspecified atom stereocenters. The predicted octanol–water partition coefficient (Wildman–Crippen LogP) is 2.69. The summed E-state index contributed by atoms with van der Waals surface area (Å²) < 4.78 is 5.54. The second-order valence-corrected chi connectivity index (χ2v) is 4.80. The molecule has 2 N–H and O–H groups in total. The number of hydrogen-bond donors (Lipinski definition) is 2. The average molecular weight is 267 g/mol. The van der Waals surface area contributed by atoms with E-state index in [9.17, 15) is 0 Å². The maximum absolute atomic E-state index is 5.54. The molecule has 108 valence electrons. The van der Waals surface area contributed by atoms with Crippen molar-refractivity contribution in [2.45, 2.75) is 59.6 Å². The monoisotopic (exact) mass is 267 g/mol. The first-order chi connectivity index (χ1) is 9.05.